The molecule has 2 fully saturated rings. The number of amides is 1. The van der Waals surface area contributed by atoms with E-state index in [-0.39, 0.29) is 11.7 Å². The topological polar surface area (TPSA) is 94.7 Å². The largest absolute Gasteiger partial charge is 0.339 e. The molecule has 0 aliphatic heterocycles. The van der Waals surface area contributed by atoms with Gasteiger partial charge in [-0.1, -0.05) is 43.0 Å². The molecule has 9 heteroatoms. The number of aryl methyl sites for hydroxylation is 2. The van der Waals surface area contributed by atoms with Gasteiger partial charge in [0.2, 0.25) is 0 Å². The predicted octanol–water partition coefficient (Wildman–Crippen LogP) is 7.86. The van der Waals surface area contributed by atoms with Crippen LogP contribution in [0.25, 0.3) is 39.5 Å². The van der Waals surface area contributed by atoms with Gasteiger partial charge in [0, 0.05) is 41.9 Å². The number of benzene rings is 2. The van der Waals surface area contributed by atoms with Crippen molar-refractivity contribution in [2.75, 3.05) is 0 Å². The smallest absolute Gasteiger partial charge is 0.252 e. The van der Waals surface area contributed by atoms with Crippen LogP contribution in [0.5, 0.6) is 0 Å². The highest BCUT2D eigenvalue weighted by Crippen LogP contribution is 2.43. The van der Waals surface area contributed by atoms with Crippen LogP contribution >= 0.6 is 11.6 Å². The summed E-state index contributed by atoms with van der Waals surface area (Å²) in [5.74, 6) is 1.40. The minimum atomic E-state index is -0.541. The van der Waals surface area contributed by atoms with Crippen molar-refractivity contribution in [3.05, 3.63) is 82.4 Å². The van der Waals surface area contributed by atoms with Crippen molar-refractivity contribution in [3.8, 4) is 11.5 Å². The molecule has 1 N–H and O–H groups in total. The summed E-state index contributed by atoms with van der Waals surface area (Å²) in [4.78, 5) is 39.6. The molecule has 3 heterocycles. The summed E-state index contributed by atoms with van der Waals surface area (Å²) >= 11 is 6.14. The van der Waals surface area contributed by atoms with Gasteiger partial charge in [-0.2, -0.15) is 0 Å². The van der Waals surface area contributed by atoms with E-state index in [2.05, 4.69) is 37.4 Å². The highest BCUT2D eigenvalue weighted by molar-refractivity contribution is 6.30. The minimum Gasteiger partial charge on any atom is -0.339 e. The van der Waals surface area contributed by atoms with Crippen LogP contribution in [-0.2, 0) is 17.4 Å². The molecular formula is C36H37ClN6O2. The molecule has 7 rings (SSSR count). The van der Waals surface area contributed by atoms with Crippen molar-refractivity contribution in [1.82, 2.24) is 29.4 Å². The average molecular weight is 621 g/mol. The minimum absolute atomic E-state index is 0.00500. The lowest BCUT2D eigenvalue weighted by molar-refractivity contribution is -0.112. The molecule has 0 atom stereocenters. The molecule has 230 valence electrons. The molecule has 0 saturated heterocycles. The number of aromatic nitrogens is 5. The number of nitrogens with one attached hydrogen (secondary N) is 1. The second-order valence-electron chi connectivity index (χ2n) is 12.7. The number of allylic oxidation sites excluding steroid dienone is 1. The van der Waals surface area contributed by atoms with Crippen LogP contribution in [0.1, 0.15) is 91.6 Å². The first-order valence-electron chi connectivity index (χ1n) is 15.8. The zero-order valence-electron chi connectivity index (χ0n) is 25.9. The summed E-state index contributed by atoms with van der Waals surface area (Å²) in [5, 5.41) is 4.94. The Labute approximate surface area is 267 Å². The van der Waals surface area contributed by atoms with Crippen molar-refractivity contribution in [3.63, 3.8) is 0 Å². The lowest BCUT2D eigenvalue weighted by atomic mass is 9.75. The van der Waals surface area contributed by atoms with E-state index in [1.54, 1.807) is 25.4 Å². The van der Waals surface area contributed by atoms with Gasteiger partial charge in [-0.25, -0.2) is 15.0 Å². The average Bonchev–Trinajstić information content (AvgIpc) is 3.51. The van der Waals surface area contributed by atoms with Crippen LogP contribution in [0, 0.1) is 6.92 Å². The first-order valence-corrected chi connectivity index (χ1v) is 16.2. The molecule has 2 aromatic carbocycles. The molecule has 3 aromatic heterocycles. The zero-order chi connectivity index (χ0) is 31.3. The highest BCUT2D eigenvalue weighted by atomic mass is 35.5. The molecular weight excluding hydrogens is 584 g/mol. The van der Waals surface area contributed by atoms with Crippen molar-refractivity contribution in [2.45, 2.75) is 76.8 Å². The summed E-state index contributed by atoms with van der Waals surface area (Å²) in [6, 6.07) is 12.4. The summed E-state index contributed by atoms with van der Waals surface area (Å²) in [6.07, 6.45) is 15.2. The van der Waals surface area contributed by atoms with Gasteiger partial charge in [-0.3, -0.25) is 9.59 Å². The Morgan fingerprint density at radius 2 is 1.76 bits per heavy atom. The van der Waals surface area contributed by atoms with E-state index in [0.29, 0.717) is 22.5 Å². The molecule has 5 aromatic rings. The molecule has 0 bridgehead atoms. The van der Waals surface area contributed by atoms with Crippen LogP contribution in [0.2, 0.25) is 5.02 Å². The molecule has 1 amide bonds. The SMILES string of the molecule is CC(=O)/C=C/c1ccc2nc(C3(NC(=O)c4ccc5c(c4)c(C)c(-c4ncc(Cl)cn4)n5C4CCCCC4)CCC3)n(C)c2c1. The predicted molar refractivity (Wildman–Crippen MR) is 178 cm³/mol. The molecule has 8 nitrogen and oxygen atoms in total. The quantitative estimate of drug-likeness (QED) is 0.187. The first kappa shape index (κ1) is 29.4. The summed E-state index contributed by atoms with van der Waals surface area (Å²) in [6.45, 7) is 3.64. The molecule has 45 heavy (non-hydrogen) atoms. The van der Waals surface area contributed by atoms with Gasteiger partial charge in [0.25, 0.3) is 5.91 Å². The molecule has 0 radical (unpaired) electrons. The highest BCUT2D eigenvalue weighted by Gasteiger charge is 2.44. The number of carbonyl (C=O) groups excluding carboxylic acids is 2. The maximum absolute atomic E-state index is 14.0. The third-order valence-corrected chi connectivity index (χ3v) is 9.89. The second kappa shape index (κ2) is 11.6. The summed E-state index contributed by atoms with van der Waals surface area (Å²) in [7, 11) is 2.00. The van der Waals surface area contributed by atoms with Crippen molar-refractivity contribution < 1.29 is 9.59 Å². The van der Waals surface area contributed by atoms with Gasteiger partial charge in [0.15, 0.2) is 11.6 Å². The number of imidazole rings is 1. The number of ketones is 1. The third kappa shape index (κ3) is 5.25. The summed E-state index contributed by atoms with van der Waals surface area (Å²) in [5.41, 5.74) is 6.02. The lowest BCUT2D eigenvalue weighted by Gasteiger charge is -2.41. The van der Waals surface area contributed by atoms with E-state index in [4.69, 9.17) is 16.6 Å². The van der Waals surface area contributed by atoms with Gasteiger partial charge in [-0.05, 0) is 93.5 Å². The van der Waals surface area contributed by atoms with Crippen LogP contribution in [0.3, 0.4) is 0 Å². The van der Waals surface area contributed by atoms with E-state index in [1.165, 1.54) is 19.3 Å². The number of rotatable bonds is 7. The fourth-order valence-electron chi connectivity index (χ4n) is 7.22. The Kier molecular flexibility index (Phi) is 7.56. The Morgan fingerprint density at radius 1 is 1.00 bits per heavy atom. The Hall–Kier alpha value is -4.30. The van der Waals surface area contributed by atoms with Gasteiger partial charge in [-0.15, -0.1) is 0 Å². The number of hydrogen-bond donors (Lipinski definition) is 1. The standard InChI is InChI=1S/C36H37ClN6O2/c1-22(44)10-11-24-12-14-29-31(18-24)42(3)35(40-29)36(16-7-17-36)41-34(45)25-13-15-30-28(19-25)23(2)32(33-38-20-26(37)21-39-33)43(30)27-8-5-4-6-9-27/h10-15,18-21,27H,4-9,16-17H2,1-3H3,(H,41,45)/b11-10+. The van der Waals surface area contributed by atoms with Crippen LogP contribution in [0.15, 0.2) is 54.9 Å². The molecule has 0 unspecified atom stereocenters. The number of halogens is 1. The van der Waals surface area contributed by atoms with Gasteiger partial charge < -0.3 is 14.5 Å². The van der Waals surface area contributed by atoms with Crippen LogP contribution in [0.4, 0.5) is 0 Å². The maximum atomic E-state index is 14.0. The van der Waals surface area contributed by atoms with Crippen LogP contribution < -0.4 is 5.32 Å². The molecule has 2 aliphatic rings. The van der Waals surface area contributed by atoms with E-state index in [1.807, 2.05) is 43.5 Å². The van der Waals surface area contributed by atoms with E-state index < -0.39 is 5.54 Å². The van der Waals surface area contributed by atoms with Gasteiger partial charge in [0.05, 0.1) is 27.3 Å². The van der Waals surface area contributed by atoms with Crippen LogP contribution in [-0.4, -0.2) is 35.8 Å². The molecule has 2 saturated carbocycles. The van der Waals surface area contributed by atoms with Crippen molar-refractivity contribution >= 4 is 51.3 Å². The Balaban J connectivity index is 1.24. The normalized spacial score (nSPS) is 16.8. The van der Waals surface area contributed by atoms with Gasteiger partial charge in [0.1, 0.15) is 5.82 Å². The monoisotopic (exact) mass is 620 g/mol. The number of hydrogen-bond acceptors (Lipinski definition) is 5. The lowest BCUT2D eigenvalue weighted by Crippen LogP contribution is -2.52. The van der Waals surface area contributed by atoms with Gasteiger partial charge >= 0.3 is 0 Å². The van der Waals surface area contributed by atoms with Crippen molar-refractivity contribution in [2.24, 2.45) is 7.05 Å². The summed E-state index contributed by atoms with van der Waals surface area (Å²) < 4.78 is 4.48. The van der Waals surface area contributed by atoms with E-state index >= 15 is 0 Å². The zero-order valence-corrected chi connectivity index (χ0v) is 26.7. The molecule has 2 aliphatic carbocycles. The number of nitrogens with zero attached hydrogens (tertiary/aromatic N) is 5. The third-order valence-electron chi connectivity index (χ3n) is 9.69. The van der Waals surface area contributed by atoms with E-state index in [0.717, 1.165) is 76.7 Å². The number of carbonyl (C=O) groups is 2. The Morgan fingerprint density at radius 3 is 2.44 bits per heavy atom. The second-order valence-corrected chi connectivity index (χ2v) is 13.1. The van der Waals surface area contributed by atoms with Crippen molar-refractivity contribution in [1.29, 1.82) is 0 Å². The maximum Gasteiger partial charge on any atom is 0.252 e. The first-order chi connectivity index (χ1) is 21.7. The fourth-order valence-corrected chi connectivity index (χ4v) is 7.32. The van der Waals surface area contributed by atoms with E-state index in [9.17, 15) is 9.59 Å². The molecule has 0 spiro atoms. The number of fused-ring (bicyclic) bond motifs is 2. The fraction of sp³-hybridized carbons (Fsp3) is 0.361. The Bertz CT molecular complexity index is 1980.